The van der Waals surface area contributed by atoms with Crippen LogP contribution in [-0.4, -0.2) is 32.9 Å². The molecule has 0 aliphatic rings. The van der Waals surface area contributed by atoms with Gasteiger partial charge in [0.05, 0.1) is 17.4 Å². The van der Waals surface area contributed by atoms with Crippen LogP contribution in [-0.2, 0) is 15.8 Å². The number of sulfonamides is 1. The maximum Gasteiger partial charge on any atom is 0.218 e. The fourth-order valence-electron chi connectivity index (χ4n) is 1.98. The van der Waals surface area contributed by atoms with Crippen LogP contribution in [0.5, 0.6) is 5.75 Å². The quantitative estimate of drug-likeness (QED) is 0.771. The molecule has 0 saturated carbocycles. The minimum Gasteiger partial charge on any atom is -0.489 e. The summed E-state index contributed by atoms with van der Waals surface area (Å²) in [5, 5.41) is 8.74. The molecule has 2 aromatic carbocycles. The summed E-state index contributed by atoms with van der Waals surface area (Å²) in [6.07, 6.45) is 0. The molecule has 7 heteroatoms. The van der Waals surface area contributed by atoms with E-state index in [4.69, 9.17) is 10.00 Å². The van der Waals surface area contributed by atoms with Gasteiger partial charge in [0, 0.05) is 13.6 Å². The molecule has 0 aliphatic carbocycles. The van der Waals surface area contributed by atoms with Crippen molar-refractivity contribution in [3.05, 3.63) is 65.5 Å². The smallest absolute Gasteiger partial charge is 0.218 e. The van der Waals surface area contributed by atoms with Crippen LogP contribution in [0.15, 0.2) is 48.5 Å². The molecule has 24 heavy (non-hydrogen) atoms. The summed E-state index contributed by atoms with van der Waals surface area (Å²) in [7, 11) is -2.07. The molecule has 0 saturated heterocycles. The number of hydrogen-bond acceptors (Lipinski definition) is 4. The van der Waals surface area contributed by atoms with E-state index in [1.807, 2.05) is 6.07 Å². The fourth-order valence-corrected chi connectivity index (χ4v) is 3.17. The molecule has 126 valence electrons. The van der Waals surface area contributed by atoms with Crippen LogP contribution < -0.4 is 4.74 Å². The standard InChI is InChI=1S/C17H17FN2O3S/c1-20(10-11-23-17-5-3-2-4-16(17)18)24(21,22)13-15-8-6-14(12-19)7-9-15/h2-9H,10-11,13H2,1H3. The molecule has 0 amide bonds. The number of benzene rings is 2. The Morgan fingerprint density at radius 2 is 1.83 bits per heavy atom. The van der Waals surface area contributed by atoms with Crippen molar-refractivity contribution in [3.63, 3.8) is 0 Å². The number of nitriles is 1. The first-order valence-electron chi connectivity index (χ1n) is 7.23. The second-order valence-electron chi connectivity index (χ2n) is 5.17. The molecule has 0 fully saturated rings. The maximum absolute atomic E-state index is 13.4. The highest BCUT2D eigenvalue weighted by Crippen LogP contribution is 2.15. The van der Waals surface area contributed by atoms with Crippen molar-refractivity contribution in [2.45, 2.75) is 5.75 Å². The average molecular weight is 348 g/mol. The van der Waals surface area contributed by atoms with Crippen molar-refractivity contribution in [3.8, 4) is 11.8 Å². The van der Waals surface area contributed by atoms with Crippen LogP contribution in [0.3, 0.4) is 0 Å². The monoisotopic (exact) mass is 348 g/mol. The number of ether oxygens (including phenoxy) is 1. The van der Waals surface area contributed by atoms with Gasteiger partial charge in [-0.3, -0.25) is 0 Å². The normalized spacial score (nSPS) is 11.2. The Kier molecular flexibility index (Phi) is 5.90. The number of rotatable bonds is 7. The van der Waals surface area contributed by atoms with Gasteiger partial charge in [0.15, 0.2) is 11.6 Å². The van der Waals surface area contributed by atoms with Gasteiger partial charge in [-0.2, -0.15) is 5.26 Å². The molecule has 0 aromatic heterocycles. The van der Waals surface area contributed by atoms with E-state index in [-0.39, 0.29) is 24.7 Å². The van der Waals surface area contributed by atoms with Crippen LogP contribution >= 0.6 is 0 Å². The highest BCUT2D eigenvalue weighted by molar-refractivity contribution is 7.88. The Balaban J connectivity index is 1.91. The first-order valence-corrected chi connectivity index (χ1v) is 8.83. The van der Waals surface area contributed by atoms with E-state index in [0.29, 0.717) is 11.1 Å². The molecule has 0 radical (unpaired) electrons. The van der Waals surface area contributed by atoms with Gasteiger partial charge in [-0.1, -0.05) is 24.3 Å². The van der Waals surface area contributed by atoms with Gasteiger partial charge < -0.3 is 4.74 Å². The summed E-state index contributed by atoms with van der Waals surface area (Å²) in [6, 6.07) is 14.3. The van der Waals surface area contributed by atoms with Crippen LogP contribution in [0.1, 0.15) is 11.1 Å². The molecular weight excluding hydrogens is 331 g/mol. The summed E-state index contributed by atoms with van der Waals surface area (Å²) in [4.78, 5) is 0. The third kappa shape index (κ3) is 4.78. The van der Waals surface area contributed by atoms with Crippen LogP contribution in [0.2, 0.25) is 0 Å². The third-order valence-electron chi connectivity index (χ3n) is 3.41. The Morgan fingerprint density at radius 1 is 1.17 bits per heavy atom. The number of para-hydroxylation sites is 1. The Bertz CT molecular complexity index is 830. The lowest BCUT2D eigenvalue weighted by Gasteiger charge is -2.17. The van der Waals surface area contributed by atoms with Crippen molar-refractivity contribution in [2.24, 2.45) is 0 Å². The predicted molar refractivity (Wildman–Crippen MR) is 88.3 cm³/mol. The van der Waals surface area contributed by atoms with E-state index in [2.05, 4.69) is 0 Å². The van der Waals surface area contributed by atoms with Gasteiger partial charge in [0.1, 0.15) is 6.61 Å². The molecule has 0 aliphatic heterocycles. The molecule has 0 heterocycles. The Morgan fingerprint density at radius 3 is 2.46 bits per heavy atom. The molecular formula is C17H17FN2O3S. The van der Waals surface area contributed by atoms with Crippen LogP contribution in [0, 0.1) is 17.1 Å². The van der Waals surface area contributed by atoms with E-state index in [1.165, 1.54) is 23.5 Å². The van der Waals surface area contributed by atoms with Gasteiger partial charge >= 0.3 is 0 Å². The van der Waals surface area contributed by atoms with Crippen molar-refractivity contribution in [2.75, 3.05) is 20.2 Å². The second kappa shape index (κ2) is 7.90. The van der Waals surface area contributed by atoms with Gasteiger partial charge in [-0.25, -0.2) is 17.1 Å². The largest absolute Gasteiger partial charge is 0.489 e. The molecule has 0 N–H and O–H groups in total. The molecule has 0 unspecified atom stereocenters. The molecule has 0 bridgehead atoms. The molecule has 2 aromatic rings. The summed E-state index contributed by atoms with van der Waals surface area (Å²) in [5.41, 5.74) is 1.07. The number of hydrogen-bond donors (Lipinski definition) is 0. The zero-order valence-electron chi connectivity index (χ0n) is 13.1. The van der Waals surface area contributed by atoms with Crippen molar-refractivity contribution >= 4 is 10.0 Å². The van der Waals surface area contributed by atoms with E-state index in [1.54, 1.807) is 36.4 Å². The molecule has 0 spiro atoms. The third-order valence-corrected chi connectivity index (χ3v) is 5.24. The fraction of sp³-hybridized carbons (Fsp3) is 0.235. The first kappa shape index (κ1) is 17.9. The highest BCUT2D eigenvalue weighted by atomic mass is 32.2. The predicted octanol–water partition coefficient (Wildman–Crippen LogP) is 2.54. The molecule has 0 atom stereocenters. The van der Waals surface area contributed by atoms with Crippen molar-refractivity contribution in [1.29, 1.82) is 5.26 Å². The lowest BCUT2D eigenvalue weighted by Crippen LogP contribution is -2.32. The van der Waals surface area contributed by atoms with Gasteiger partial charge in [-0.05, 0) is 29.8 Å². The summed E-state index contributed by atoms with van der Waals surface area (Å²) in [5.74, 6) is -0.564. The zero-order valence-corrected chi connectivity index (χ0v) is 14.0. The van der Waals surface area contributed by atoms with E-state index < -0.39 is 15.8 Å². The first-order chi connectivity index (χ1) is 11.4. The second-order valence-corrected chi connectivity index (χ2v) is 7.24. The average Bonchev–Trinajstić information content (AvgIpc) is 2.57. The Hall–Kier alpha value is -2.43. The van der Waals surface area contributed by atoms with Crippen LogP contribution in [0.25, 0.3) is 0 Å². The number of nitrogens with zero attached hydrogens (tertiary/aromatic N) is 2. The minimum absolute atomic E-state index is 0.0457. The van der Waals surface area contributed by atoms with Crippen molar-refractivity contribution < 1.29 is 17.5 Å². The maximum atomic E-state index is 13.4. The van der Waals surface area contributed by atoms with Crippen molar-refractivity contribution in [1.82, 2.24) is 4.31 Å². The SMILES string of the molecule is CN(CCOc1ccccc1F)S(=O)(=O)Cc1ccc(C#N)cc1. The lowest BCUT2D eigenvalue weighted by molar-refractivity contribution is 0.275. The summed E-state index contributed by atoms with van der Waals surface area (Å²) < 4.78 is 44.4. The lowest BCUT2D eigenvalue weighted by atomic mass is 10.2. The van der Waals surface area contributed by atoms with Gasteiger partial charge in [0.2, 0.25) is 10.0 Å². The van der Waals surface area contributed by atoms with Gasteiger partial charge in [0.25, 0.3) is 0 Å². The Labute approximate surface area is 141 Å². The van der Waals surface area contributed by atoms with E-state index >= 15 is 0 Å². The van der Waals surface area contributed by atoms with Gasteiger partial charge in [-0.15, -0.1) is 0 Å². The molecule has 2 rings (SSSR count). The van der Waals surface area contributed by atoms with E-state index in [9.17, 15) is 12.8 Å². The topological polar surface area (TPSA) is 70.4 Å². The zero-order chi connectivity index (χ0) is 17.6. The minimum atomic E-state index is -3.52. The summed E-state index contributed by atoms with van der Waals surface area (Å²) >= 11 is 0. The number of likely N-dealkylation sites (N-methyl/N-ethyl adjacent to an activating group) is 1. The van der Waals surface area contributed by atoms with Crippen LogP contribution in [0.4, 0.5) is 4.39 Å². The summed E-state index contributed by atoms with van der Waals surface area (Å²) in [6.45, 7) is 0.150. The highest BCUT2D eigenvalue weighted by Gasteiger charge is 2.18. The number of halogens is 1. The molecule has 5 nitrogen and oxygen atoms in total. The van der Waals surface area contributed by atoms with E-state index in [0.717, 1.165) is 0 Å².